The van der Waals surface area contributed by atoms with Crippen LogP contribution in [0.3, 0.4) is 0 Å². The number of methoxy groups -OCH3 is 1. The SMILES string of the molecule is COC1CCN(c2cc(N3C4CCC3COC4)nc3c2c(C(F)(F)F)nn3-c2ccn(C3CCCCO3)n2)[C@H](C)C1. The van der Waals surface area contributed by atoms with Gasteiger partial charge in [0.2, 0.25) is 0 Å². The first kappa shape index (κ1) is 27.0. The zero-order valence-corrected chi connectivity index (χ0v) is 23.4. The second-order valence-electron chi connectivity index (χ2n) is 11.7. The number of rotatable bonds is 5. The fraction of sp³-hybridized carbons (Fsp3) is 0.679. The molecule has 4 unspecified atom stereocenters. The van der Waals surface area contributed by atoms with Crippen LogP contribution in [0.4, 0.5) is 24.7 Å². The van der Waals surface area contributed by atoms with Gasteiger partial charge in [0.1, 0.15) is 12.0 Å². The molecule has 2 bridgehead atoms. The maximum atomic E-state index is 14.7. The molecular formula is C28H36F3N7O3. The fourth-order valence-corrected chi connectivity index (χ4v) is 7.04. The Morgan fingerprint density at radius 3 is 2.51 bits per heavy atom. The maximum absolute atomic E-state index is 14.7. The van der Waals surface area contributed by atoms with E-state index in [1.165, 1.54) is 4.68 Å². The largest absolute Gasteiger partial charge is 0.435 e. The molecule has 4 aliphatic heterocycles. The Morgan fingerprint density at radius 2 is 1.83 bits per heavy atom. The molecule has 3 aromatic rings. The summed E-state index contributed by atoms with van der Waals surface area (Å²) in [5.74, 6) is 0.945. The standard InChI is InChI=1S/C28H36F3N7O3/c1-17-13-20(39-2)8-10-35(17)21-14-23(37-18-6-7-19(37)16-40-15-18)32-27-25(21)26(28(29,30)31)34-38(27)22-9-11-36(33-22)24-5-3-4-12-41-24/h9,11,14,17-20,24H,3-8,10,12-13,15-16H2,1-2H3/t17-,18?,19?,20?,24?/m1/s1. The van der Waals surface area contributed by atoms with Crippen molar-refractivity contribution in [1.82, 2.24) is 24.5 Å². The Morgan fingerprint density at radius 1 is 1.02 bits per heavy atom. The minimum Gasteiger partial charge on any atom is -0.381 e. The smallest absolute Gasteiger partial charge is 0.381 e. The van der Waals surface area contributed by atoms with E-state index in [0.717, 1.165) is 44.9 Å². The number of morpholine rings is 1. The Bertz CT molecular complexity index is 1390. The van der Waals surface area contributed by atoms with Crippen molar-refractivity contribution in [3.8, 4) is 5.82 Å². The number of pyridine rings is 1. The van der Waals surface area contributed by atoms with Crippen LogP contribution in [0.2, 0.25) is 0 Å². The molecule has 0 aromatic carbocycles. The molecule has 41 heavy (non-hydrogen) atoms. The van der Waals surface area contributed by atoms with Crippen molar-refractivity contribution < 1.29 is 27.4 Å². The molecule has 7 rings (SSSR count). The van der Waals surface area contributed by atoms with Gasteiger partial charge in [-0.1, -0.05) is 0 Å². The molecular weight excluding hydrogens is 539 g/mol. The highest BCUT2D eigenvalue weighted by Crippen LogP contribution is 2.44. The van der Waals surface area contributed by atoms with E-state index in [4.69, 9.17) is 19.2 Å². The number of hydrogen-bond donors (Lipinski definition) is 0. The van der Waals surface area contributed by atoms with Crippen molar-refractivity contribution in [1.29, 1.82) is 0 Å². The van der Waals surface area contributed by atoms with Crippen molar-refractivity contribution in [2.24, 2.45) is 0 Å². The van der Waals surface area contributed by atoms with Gasteiger partial charge in [-0.25, -0.2) is 9.67 Å². The third-order valence-corrected chi connectivity index (χ3v) is 9.11. The Kier molecular flexibility index (Phi) is 6.86. The number of halogens is 3. The Balaban J connectivity index is 1.41. The molecule has 10 nitrogen and oxygen atoms in total. The van der Waals surface area contributed by atoms with Gasteiger partial charge in [0.15, 0.2) is 17.2 Å². The lowest BCUT2D eigenvalue weighted by Gasteiger charge is -2.40. The monoisotopic (exact) mass is 575 g/mol. The average Bonchev–Trinajstić information content (AvgIpc) is 3.67. The Hall–Kier alpha value is -2.90. The third-order valence-electron chi connectivity index (χ3n) is 9.11. The molecule has 222 valence electrons. The van der Waals surface area contributed by atoms with Gasteiger partial charge in [0.25, 0.3) is 0 Å². The average molecular weight is 576 g/mol. The number of nitrogens with zero attached hydrogens (tertiary/aromatic N) is 7. The number of aromatic nitrogens is 5. The van der Waals surface area contributed by atoms with Crippen LogP contribution in [0.25, 0.3) is 16.9 Å². The number of piperidine rings is 1. The predicted octanol–water partition coefficient (Wildman–Crippen LogP) is 4.71. The van der Waals surface area contributed by atoms with E-state index in [0.29, 0.717) is 37.9 Å². The van der Waals surface area contributed by atoms with E-state index in [2.05, 4.69) is 20.0 Å². The molecule has 0 spiro atoms. The summed E-state index contributed by atoms with van der Waals surface area (Å²) >= 11 is 0. The summed E-state index contributed by atoms with van der Waals surface area (Å²) in [4.78, 5) is 9.24. The van der Waals surface area contributed by atoms with Crippen LogP contribution in [0.5, 0.6) is 0 Å². The van der Waals surface area contributed by atoms with E-state index in [1.807, 2.05) is 13.0 Å². The van der Waals surface area contributed by atoms with E-state index in [-0.39, 0.29) is 47.3 Å². The molecule has 0 amide bonds. The summed E-state index contributed by atoms with van der Waals surface area (Å²) in [6, 6.07) is 3.79. The quantitative estimate of drug-likeness (QED) is 0.433. The molecule has 4 saturated heterocycles. The first-order valence-corrected chi connectivity index (χ1v) is 14.7. The normalized spacial score (nSPS) is 29.0. The highest BCUT2D eigenvalue weighted by molar-refractivity contribution is 5.95. The van der Waals surface area contributed by atoms with Gasteiger partial charge < -0.3 is 24.0 Å². The minimum absolute atomic E-state index is 0.00744. The summed E-state index contributed by atoms with van der Waals surface area (Å²) in [6.45, 7) is 4.42. The molecule has 3 aromatic heterocycles. The molecule has 4 fully saturated rings. The van der Waals surface area contributed by atoms with Crippen LogP contribution in [0, 0.1) is 0 Å². The lowest BCUT2D eigenvalue weighted by molar-refractivity contribution is -0.140. The van der Waals surface area contributed by atoms with E-state index in [1.54, 1.807) is 24.1 Å². The second-order valence-corrected chi connectivity index (χ2v) is 11.7. The molecule has 0 saturated carbocycles. The first-order chi connectivity index (χ1) is 19.8. The van der Waals surface area contributed by atoms with Gasteiger partial charge in [-0.15, -0.1) is 0 Å². The molecule has 5 atom stereocenters. The zero-order valence-electron chi connectivity index (χ0n) is 23.4. The van der Waals surface area contributed by atoms with Crippen molar-refractivity contribution in [2.45, 2.75) is 88.5 Å². The Labute approximate surface area is 236 Å². The number of hydrogen-bond acceptors (Lipinski definition) is 8. The predicted molar refractivity (Wildman–Crippen MR) is 145 cm³/mol. The lowest BCUT2D eigenvalue weighted by atomic mass is 9.99. The summed E-state index contributed by atoms with van der Waals surface area (Å²) in [5, 5.41) is 8.80. The number of fused-ring (bicyclic) bond motifs is 3. The van der Waals surface area contributed by atoms with Gasteiger partial charge in [-0.05, 0) is 51.9 Å². The van der Waals surface area contributed by atoms with Crippen LogP contribution in [-0.2, 0) is 20.4 Å². The van der Waals surface area contributed by atoms with Crippen LogP contribution in [-0.4, -0.2) is 82.2 Å². The summed E-state index contributed by atoms with van der Waals surface area (Å²) in [7, 11) is 1.69. The first-order valence-electron chi connectivity index (χ1n) is 14.7. The van der Waals surface area contributed by atoms with Crippen molar-refractivity contribution in [3.05, 3.63) is 24.0 Å². The fourth-order valence-electron chi connectivity index (χ4n) is 7.04. The van der Waals surface area contributed by atoms with E-state index in [9.17, 15) is 13.2 Å². The van der Waals surface area contributed by atoms with Gasteiger partial charge in [-0.3, -0.25) is 0 Å². The van der Waals surface area contributed by atoms with E-state index < -0.39 is 11.9 Å². The number of anilines is 2. The third kappa shape index (κ3) is 4.75. The molecule has 4 aliphatic rings. The van der Waals surface area contributed by atoms with Crippen LogP contribution < -0.4 is 9.80 Å². The molecule has 0 N–H and O–H groups in total. The summed E-state index contributed by atoms with van der Waals surface area (Å²) in [6.07, 6.45) is 3.08. The molecule has 7 heterocycles. The molecule has 0 radical (unpaired) electrons. The van der Waals surface area contributed by atoms with Gasteiger partial charge in [0.05, 0.1) is 42.5 Å². The van der Waals surface area contributed by atoms with Crippen LogP contribution in [0.1, 0.15) is 63.8 Å². The summed E-state index contributed by atoms with van der Waals surface area (Å²) in [5.41, 5.74) is -0.283. The highest BCUT2D eigenvalue weighted by atomic mass is 19.4. The molecule has 13 heteroatoms. The lowest BCUT2D eigenvalue weighted by Crippen LogP contribution is -2.47. The minimum atomic E-state index is -4.68. The van der Waals surface area contributed by atoms with Gasteiger partial charge in [-0.2, -0.15) is 28.1 Å². The summed E-state index contributed by atoms with van der Waals surface area (Å²) < 4.78 is 64.2. The molecule has 0 aliphatic carbocycles. The van der Waals surface area contributed by atoms with Crippen LogP contribution >= 0.6 is 0 Å². The van der Waals surface area contributed by atoms with Crippen molar-refractivity contribution in [3.63, 3.8) is 0 Å². The van der Waals surface area contributed by atoms with Crippen molar-refractivity contribution in [2.75, 3.05) is 43.3 Å². The van der Waals surface area contributed by atoms with Gasteiger partial charge >= 0.3 is 6.18 Å². The zero-order chi connectivity index (χ0) is 28.3. The van der Waals surface area contributed by atoms with Crippen LogP contribution in [0.15, 0.2) is 18.3 Å². The second kappa shape index (κ2) is 10.4. The highest BCUT2D eigenvalue weighted by Gasteiger charge is 2.43. The number of ether oxygens (including phenoxy) is 3. The number of alkyl halides is 3. The maximum Gasteiger partial charge on any atom is 0.435 e. The van der Waals surface area contributed by atoms with E-state index >= 15 is 0 Å². The van der Waals surface area contributed by atoms with Crippen molar-refractivity contribution >= 4 is 22.5 Å². The topological polar surface area (TPSA) is 82.7 Å². The van der Waals surface area contributed by atoms with Gasteiger partial charge in [0, 0.05) is 44.6 Å².